The van der Waals surface area contributed by atoms with Crippen LogP contribution in [0.3, 0.4) is 0 Å². The van der Waals surface area contributed by atoms with Crippen LogP contribution >= 0.6 is 0 Å². The molecular weight excluding hydrogens is 604 g/mol. The second-order valence-corrected chi connectivity index (χ2v) is 13.1. The highest BCUT2D eigenvalue weighted by atomic mass is 16.7. The zero-order valence-electron chi connectivity index (χ0n) is 27.3. The molecule has 0 aromatic carbocycles. The highest BCUT2D eigenvalue weighted by Gasteiger charge is 2.57. The average molecular weight is 655 g/mol. The minimum absolute atomic E-state index is 0.00275. The predicted octanol–water partition coefficient (Wildman–Crippen LogP) is 2.38. The van der Waals surface area contributed by atoms with E-state index >= 15 is 0 Å². The minimum Gasteiger partial charge on any atom is -0.466 e. The molecule has 0 unspecified atom stereocenters. The van der Waals surface area contributed by atoms with Crippen molar-refractivity contribution in [2.45, 2.75) is 140 Å². The molecule has 0 saturated carbocycles. The number of aliphatic hydroxyl groups is 3. The van der Waals surface area contributed by atoms with E-state index in [2.05, 4.69) is 0 Å². The smallest absolute Gasteiger partial charge is 0.330 e. The Hall–Kier alpha value is -2.39. The summed E-state index contributed by atoms with van der Waals surface area (Å²) in [5.41, 5.74) is -1.05. The van der Waals surface area contributed by atoms with Gasteiger partial charge in [0.05, 0.1) is 57.3 Å². The van der Waals surface area contributed by atoms with Crippen LogP contribution in [0.1, 0.15) is 85.0 Å². The first-order chi connectivity index (χ1) is 21.8. The molecule has 0 aromatic heterocycles. The maximum Gasteiger partial charge on any atom is 0.330 e. The molecule has 4 aliphatic heterocycles. The maximum atomic E-state index is 12.8. The lowest BCUT2D eigenvalue weighted by Crippen LogP contribution is -2.62. The molecule has 6 bridgehead atoms. The first-order valence-electron chi connectivity index (χ1n) is 16.3. The van der Waals surface area contributed by atoms with E-state index in [9.17, 15) is 29.7 Å². The number of methoxy groups -OCH3 is 1. The summed E-state index contributed by atoms with van der Waals surface area (Å²) in [5, 5.41) is 33.2. The van der Waals surface area contributed by atoms with Crippen molar-refractivity contribution in [2.24, 2.45) is 5.41 Å². The molecule has 0 aromatic rings. The lowest BCUT2D eigenvalue weighted by atomic mass is 9.74. The summed E-state index contributed by atoms with van der Waals surface area (Å²) in [5.74, 6) is -4.30. The highest BCUT2D eigenvalue weighted by molar-refractivity contribution is 5.83. The van der Waals surface area contributed by atoms with Crippen molar-refractivity contribution in [3.63, 3.8) is 0 Å². The normalized spacial score (nSPS) is 39.0. The molecule has 4 heterocycles. The third kappa shape index (κ3) is 9.36. The molecule has 0 spiro atoms. The summed E-state index contributed by atoms with van der Waals surface area (Å²) in [7, 11) is 1.20. The molecule has 13 nitrogen and oxygen atoms in total. The quantitative estimate of drug-likeness (QED) is 0.174. The van der Waals surface area contributed by atoms with Gasteiger partial charge in [-0.05, 0) is 50.2 Å². The molecule has 260 valence electrons. The van der Waals surface area contributed by atoms with Crippen molar-refractivity contribution in [3.8, 4) is 0 Å². The molecule has 4 rings (SSSR count). The van der Waals surface area contributed by atoms with Gasteiger partial charge >= 0.3 is 17.9 Å². The van der Waals surface area contributed by atoms with Crippen molar-refractivity contribution in [2.75, 3.05) is 20.3 Å². The molecule has 3 fully saturated rings. The van der Waals surface area contributed by atoms with Gasteiger partial charge in [0.25, 0.3) is 0 Å². The number of hydrogen-bond donors (Lipinski definition) is 3. The van der Waals surface area contributed by atoms with Crippen molar-refractivity contribution in [1.82, 2.24) is 0 Å². The molecule has 46 heavy (non-hydrogen) atoms. The molecular formula is C33H50O13. The summed E-state index contributed by atoms with van der Waals surface area (Å²) in [4.78, 5) is 37.9. The molecule has 9 atom stereocenters. The van der Waals surface area contributed by atoms with E-state index in [1.807, 2.05) is 0 Å². The minimum atomic E-state index is -2.24. The van der Waals surface area contributed by atoms with Gasteiger partial charge in [0.1, 0.15) is 6.10 Å². The Labute approximate surface area is 270 Å². The Morgan fingerprint density at radius 2 is 1.76 bits per heavy atom. The van der Waals surface area contributed by atoms with Gasteiger partial charge in [0.15, 0.2) is 12.4 Å². The number of ether oxygens (including phenoxy) is 7. The molecule has 0 radical (unpaired) electrons. The number of aliphatic hydroxyl groups excluding tert-OH is 2. The molecule has 0 amide bonds. The Kier molecular flexibility index (Phi) is 12.8. The first kappa shape index (κ1) is 36.4. The van der Waals surface area contributed by atoms with Crippen LogP contribution in [0.4, 0.5) is 0 Å². The standard InChI is InChI=1S/C33H50O13/c1-5-27(36)45-31-20(14-28(37)40-4)13-25-18-26(19-34)43-29(38)16-21(35)15-22-7-6-8-23(42-22)17-24-10-12-41-30(44-24)9-11-32(2,3)33(31,39)46-25/h9,11,14,21-26,30-31,34-35,39H,5-8,10,12-13,15-19H2,1-4H3/b11-9+,20-14+/t21-,22+,23-,24+,25+,26-,30+,31+,33-/m1/s1. The Morgan fingerprint density at radius 1 is 1.04 bits per heavy atom. The zero-order valence-corrected chi connectivity index (χ0v) is 27.3. The van der Waals surface area contributed by atoms with Crippen LogP contribution in [-0.2, 0) is 47.5 Å². The predicted molar refractivity (Wildman–Crippen MR) is 161 cm³/mol. The van der Waals surface area contributed by atoms with Crippen LogP contribution in [0, 0.1) is 5.41 Å². The van der Waals surface area contributed by atoms with E-state index in [-0.39, 0.29) is 56.0 Å². The third-order valence-electron chi connectivity index (χ3n) is 9.11. The summed E-state index contributed by atoms with van der Waals surface area (Å²) < 4.78 is 40.8. The maximum absolute atomic E-state index is 12.8. The first-order valence-corrected chi connectivity index (χ1v) is 16.3. The van der Waals surface area contributed by atoms with Gasteiger partial charge in [0, 0.05) is 30.8 Å². The SMILES string of the molecule is CCC(=O)O[C@H]1/C(=C/C(=O)OC)C[C@H]2C[C@H](CO)OC(=O)C[C@H](O)C[C@@H]3CCC[C@H](C[C@@H]4CCO[C@H](/C=C/C(C)(C)[C@]1(O)O2)O4)O3. The zero-order chi connectivity index (χ0) is 33.5. The van der Waals surface area contributed by atoms with Crippen LogP contribution in [0.2, 0.25) is 0 Å². The van der Waals surface area contributed by atoms with Crippen LogP contribution in [-0.4, -0.2) is 108 Å². The lowest BCUT2D eigenvalue weighted by molar-refractivity contribution is -0.327. The van der Waals surface area contributed by atoms with Gasteiger partial charge in [-0.1, -0.05) is 26.8 Å². The average Bonchev–Trinajstić information content (AvgIpc) is 3.01. The van der Waals surface area contributed by atoms with E-state index in [0.29, 0.717) is 19.4 Å². The molecule has 3 saturated heterocycles. The lowest BCUT2D eigenvalue weighted by Gasteiger charge is -2.51. The summed E-state index contributed by atoms with van der Waals surface area (Å²) in [6.07, 6.45) is 2.73. The summed E-state index contributed by atoms with van der Waals surface area (Å²) >= 11 is 0. The fraction of sp³-hybridized carbons (Fsp3) is 0.788. The van der Waals surface area contributed by atoms with Gasteiger partial charge in [-0.25, -0.2) is 4.79 Å². The monoisotopic (exact) mass is 654 g/mol. The summed E-state index contributed by atoms with van der Waals surface area (Å²) in [6, 6.07) is 0. The Balaban J connectivity index is 1.71. The molecule has 4 aliphatic rings. The van der Waals surface area contributed by atoms with E-state index in [0.717, 1.165) is 25.3 Å². The molecule has 13 heteroatoms. The van der Waals surface area contributed by atoms with Gasteiger partial charge < -0.3 is 48.5 Å². The number of carbonyl (C=O) groups excluding carboxylic acids is 3. The van der Waals surface area contributed by atoms with Gasteiger partial charge in [-0.2, -0.15) is 0 Å². The number of carbonyl (C=O) groups is 3. The number of fused-ring (bicyclic) bond motifs is 6. The van der Waals surface area contributed by atoms with E-state index in [1.54, 1.807) is 32.9 Å². The fourth-order valence-electron chi connectivity index (χ4n) is 6.53. The van der Waals surface area contributed by atoms with E-state index < -0.39 is 66.4 Å². The number of hydrogen-bond acceptors (Lipinski definition) is 13. The number of cyclic esters (lactones) is 1. The highest BCUT2D eigenvalue weighted by Crippen LogP contribution is 2.47. The van der Waals surface area contributed by atoms with E-state index in [1.165, 1.54) is 7.11 Å². The van der Waals surface area contributed by atoms with Crippen LogP contribution in [0.5, 0.6) is 0 Å². The molecule has 0 aliphatic carbocycles. The number of rotatable bonds is 4. The van der Waals surface area contributed by atoms with Crippen LogP contribution < -0.4 is 0 Å². The molecule has 3 N–H and O–H groups in total. The summed E-state index contributed by atoms with van der Waals surface area (Å²) in [6.45, 7) is 4.86. The Morgan fingerprint density at radius 3 is 2.46 bits per heavy atom. The largest absolute Gasteiger partial charge is 0.466 e. The second kappa shape index (κ2) is 16.1. The van der Waals surface area contributed by atoms with Crippen molar-refractivity contribution >= 4 is 17.9 Å². The van der Waals surface area contributed by atoms with Crippen LogP contribution in [0.15, 0.2) is 23.8 Å². The second-order valence-electron chi connectivity index (χ2n) is 13.1. The van der Waals surface area contributed by atoms with Gasteiger partial charge in [-0.15, -0.1) is 0 Å². The third-order valence-corrected chi connectivity index (χ3v) is 9.11. The van der Waals surface area contributed by atoms with Crippen LogP contribution in [0.25, 0.3) is 0 Å². The van der Waals surface area contributed by atoms with Crippen molar-refractivity contribution in [1.29, 1.82) is 0 Å². The van der Waals surface area contributed by atoms with Gasteiger partial charge in [-0.3, -0.25) is 9.59 Å². The fourth-order valence-corrected chi connectivity index (χ4v) is 6.53. The van der Waals surface area contributed by atoms with Gasteiger partial charge in [0.2, 0.25) is 5.79 Å². The van der Waals surface area contributed by atoms with Crippen molar-refractivity contribution < 1.29 is 62.9 Å². The topological polar surface area (TPSA) is 177 Å². The van der Waals surface area contributed by atoms with Crippen molar-refractivity contribution in [3.05, 3.63) is 23.8 Å². The Bertz CT molecular complexity index is 1120. The van der Waals surface area contributed by atoms with E-state index in [4.69, 9.17) is 33.2 Å². The number of esters is 3.